The predicted octanol–water partition coefficient (Wildman–Crippen LogP) is 3.56. The fourth-order valence-corrected chi connectivity index (χ4v) is 5.24. The summed E-state index contributed by atoms with van der Waals surface area (Å²) in [4.78, 5) is 31.4. The number of nitrogens with zero attached hydrogens (tertiary/aromatic N) is 3. The third kappa shape index (κ3) is 3.09. The first-order valence-corrected chi connectivity index (χ1v) is 10.5. The molecule has 0 bridgehead atoms. The van der Waals surface area contributed by atoms with Gasteiger partial charge in [0.15, 0.2) is 5.82 Å². The Bertz CT molecular complexity index is 941. The number of carbonyl (C=O) groups excluding carboxylic acids is 2. The first-order chi connectivity index (χ1) is 13.3. The van der Waals surface area contributed by atoms with Crippen molar-refractivity contribution in [3.05, 3.63) is 29.6 Å². The lowest BCUT2D eigenvalue weighted by Gasteiger charge is -2.30. The summed E-state index contributed by atoms with van der Waals surface area (Å²) < 4.78 is 5.44. The van der Waals surface area contributed by atoms with E-state index in [-0.39, 0.29) is 22.6 Å². The van der Waals surface area contributed by atoms with Crippen molar-refractivity contribution >= 4 is 29.3 Å². The first kappa shape index (κ1) is 19.0. The number of amides is 2. The van der Waals surface area contributed by atoms with Gasteiger partial charge in [-0.05, 0) is 31.9 Å². The van der Waals surface area contributed by atoms with Crippen LogP contribution in [0.2, 0.25) is 0 Å². The molecule has 2 aliphatic heterocycles. The fourth-order valence-electron chi connectivity index (χ4n) is 3.81. The molecule has 2 amide bonds. The lowest BCUT2D eigenvalue weighted by Crippen LogP contribution is -2.48. The number of fused-ring (bicyclic) bond motifs is 1. The minimum absolute atomic E-state index is 0.0520. The Kier molecular flexibility index (Phi) is 4.69. The van der Waals surface area contributed by atoms with Crippen molar-refractivity contribution in [2.24, 2.45) is 0 Å². The van der Waals surface area contributed by atoms with Crippen molar-refractivity contribution < 1.29 is 14.1 Å². The van der Waals surface area contributed by atoms with Gasteiger partial charge in [0.25, 0.3) is 5.89 Å². The second kappa shape index (κ2) is 6.92. The van der Waals surface area contributed by atoms with Crippen LogP contribution in [0, 0.1) is 6.92 Å². The SMILES string of the molecule is Cc1cccc(-c2nc(C(C)C)no2)c1NC(=O)C1CSC2(C)CCC(=O)N12. The molecule has 28 heavy (non-hydrogen) atoms. The Morgan fingerprint density at radius 1 is 1.43 bits per heavy atom. The van der Waals surface area contributed by atoms with E-state index < -0.39 is 6.04 Å². The van der Waals surface area contributed by atoms with E-state index >= 15 is 0 Å². The summed E-state index contributed by atoms with van der Waals surface area (Å²) in [6.07, 6.45) is 1.29. The molecule has 3 heterocycles. The molecule has 1 N–H and O–H groups in total. The predicted molar refractivity (Wildman–Crippen MR) is 108 cm³/mol. The largest absolute Gasteiger partial charge is 0.334 e. The van der Waals surface area contributed by atoms with Crippen molar-refractivity contribution in [2.75, 3.05) is 11.1 Å². The van der Waals surface area contributed by atoms with Crippen LogP contribution in [-0.4, -0.2) is 43.5 Å². The Morgan fingerprint density at radius 3 is 2.93 bits per heavy atom. The summed E-state index contributed by atoms with van der Waals surface area (Å²) in [5.41, 5.74) is 2.24. The highest BCUT2D eigenvalue weighted by Gasteiger charge is 2.53. The Hall–Kier alpha value is -2.35. The maximum atomic E-state index is 13.1. The summed E-state index contributed by atoms with van der Waals surface area (Å²) in [6, 6.07) is 5.21. The molecule has 8 heteroatoms. The number of rotatable bonds is 4. The van der Waals surface area contributed by atoms with Gasteiger partial charge in [-0.1, -0.05) is 31.1 Å². The Labute approximate surface area is 168 Å². The van der Waals surface area contributed by atoms with Gasteiger partial charge in [-0.15, -0.1) is 11.8 Å². The minimum atomic E-state index is -0.466. The van der Waals surface area contributed by atoms with Crippen LogP contribution in [0.15, 0.2) is 22.7 Å². The number of para-hydroxylation sites is 1. The monoisotopic (exact) mass is 400 g/mol. The minimum Gasteiger partial charge on any atom is -0.334 e. The smallest absolute Gasteiger partial charge is 0.260 e. The van der Waals surface area contributed by atoms with Gasteiger partial charge < -0.3 is 14.7 Å². The van der Waals surface area contributed by atoms with Gasteiger partial charge in [0.2, 0.25) is 11.8 Å². The van der Waals surface area contributed by atoms with Gasteiger partial charge in [0.05, 0.1) is 16.1 Å². The van der Waals surface area contributed by atoms with E-state index in [1.807, 2.05) is 45.9 Å². The topological polar surface area (TPSA) is 88.3 Å². The summed E-state index contributed by atoms with van der Waals surface area (Å²) in [7, 11) is 0. The molecule has 0 spiro atoms. The third-order valence-corrected chi connectivity index (χ3v) is 6.96. The average molecular weight is 401 g/mol. The molecule has 7 nitrogen and oxygen atoms in total. The number of thioether (sulfide) groups is 1. The first-order valence-electron chi connectivity index (χ1n) is 9.51. The Morgan fingerprint density at radius 2 is 2.21 bits per heavy atom. The van der Waals surface area contributed by atoms with Crippen LogP contribution >= 0.6 is 11.8 Å². The van der Waals surface area contributed by atoms with Crippen LogP contribution in [0.25, 0.3) is 11.5 Å². The van der Waals surface area contributed by atoms with Crippen LogP contribution < -0.4 is 5.32 Å². The standard InChI is InChI=1S/C20H24N4O3S/c1-11(2)17-22-19(27-23-17)13-7-5-6-12(3)16(13)21-18(26)14-10-28-20(4)9-8-15(25)24(14)20/h5-7,11,14H,8-10H2,1-4H3,(H,21,26). The van der Waals surface area contributed by atoms with Crippen molar-refractivity contribution in [3.63, 3.8) is 0 Å². The van der Waals surface area contributed by atoms with E-state index in [2.05, 4.69) is 15.5 Å². The van der Waals surface area contributed by atoms with Crippen LogP contribution in [0.4, 0.5) is 5.69 Å². The van der Waals surface area contributed by atoms with Gasteiger partial charge in [-0.25, -0.2) is 0 Å². The second-order valence-electron chi connectivity index (χ2n) is 7.86. The zero-order chi connectivity index (χ0) is 20.1. The van der Waals surface area contributed by atoms with Crippen LogP contribution in [0.5, 0.6) is 0 Å². The van der Waals surface area contributed by atoms with Crippen molar-refractivity contribution in [1.29, 1.82) is 0 Å². The molecule has 1 aromatic heterocycles. The average Bonchev–Trinajstić information content (AvgIpc) is 3.33. The molecule has 148 valence electrons. The van der Waals surface area contributed by atoms with Gasteiger partial charge in [-0.3, -0.25) is 9.59 Å². The highest BCUT2D eigenvalue weighted by atomic mass is 32.2. The molecule has 0 saturated carbocycles. The molecule has 2 atom stereocenters. The van der Waals surface area contributed by atoms with Gasteiger partial charge >= 0.3 is 0 Å². The molecular formula is C20H24N4O3S. The molecule has 2 fully saturated rings. The molecule has 2 aliphatic rings. The number of benzene rings is 1. The normalized spacial score (nSPS) is 24.1. The van der Waals surface area contributed by atoms with E-state index in [0.29, 0.717) is 35.1 Å². The van der Waals surface area contributed by atoms with Crippen LogP contribution in [-0.2, 0) is 9.59 Å². The van der Waals surface area contributed by atoms with Crippen LogP contribution in [0.3, 0.4) is 0 Å². The summed E-state index contributed by atoms with van der Waals surface area (Å²) in [6.45, 7) is 7.96. The molecule has 2 saturated heterocycles. The Balaban J connectivity index is 1.63. The lowest BCUT2D eigenvalue weighted by molar-refractivity contribution is -0.135. The van der Waals surface area contributed by atoms with Crippen molar-refractivity contribution in [2.45, 2.75) is 57.4 Å². The van der Waals surface area contributed by atoms with E-state index in [1.54, 1.807) is 16.7 Å². The number of anilines is 1. The third-order valence-electron chi connectivity index (χ3n) is 5.46. The maximum absolute atomic E-state index is 13.1. The number of hydrogen-bond donors (Lipinski definition) is 1. The number of hydrogen-bond acceptors (Lipinski definition) is 6. The second-order valence-corrected chi connectivity index (χ2v) is 9.37. The maximum Gasteiger partial charge on any atom is 0.260 e. The summed E-state index contributed by atoms with van der Waals surface area (Å²) in [5.74, 6) is 1.63. The van der Waals surface area contributed by atoms with E-state index in [1.165, 1.54) is 0 Å². The molecule has 2 unspecified atom stereocenters. The number of carbonyl (C=O) groups is 2. The quantitative estimate of drug-likeness (QED) is 0.844. The van der Waals surface area contributed by atoms with Gasteiger partial charge in [0.1, 0.15) is 6.04 Å². The molecule has 0 radical (unpaired) electrons. The number of aromatic nitrogens is 2. The fraction of sp³-hybridized carbons (Fsp3) is 0.500. The molecule has 0 aliphatic carbocycles. The van der Waals surface area contributed by atoms with Gasteiger partial charge in [0, 0.05) is 18.1 Å². The number of nitrogens with one attached hydrogen (secondary N) is 1. The summed E-state index contributed by atoms with van der Waals surface area (Å²) in [5, 5.41) is 7.06. The van der Waals surface area contributed by atoms with E-state index in [9.17, 15) is 9.59 Å². The highest BCUT2D eigenvalue weighted by Crippen LogP contribution is 2.47. The van der Waals surface area contributed by atoms with Crippen molar-refractivity contribution in [1.82, 2.24) is 15.0 Å². The van der Waals surface area contributed by atoms with Gasteiger partial charge in [-0.2, -0.15) is 4.98 Å². The summed E-state index contributed by atoms with van der Waals surface area (Å²) >= 11 is 1.68. The van der Waals surface area contributed by atoms with E-state index in [4.69, 9.17) is 4.52 Å². The lowest BCUT2D eigenvalue weighted by atomic mass is 10.1. The van der Waals surface area contributed by atoms with Crippen molar-refractivity contribution in [3.8, 4) is 11.5 Å². The molecule has 1 aromatic carbocycles. The zero-order valence-electron chi connectivity index (χ0n) is 16.5. The van der Waals surface area contributed by atoms with Crippen LogP contribution in [0.1, 0.15) is 50.9 Å². The van der Waals surface area contributed by atoms with E-state index in [0.717, 1.165) is 12.0 Å². The zero-order valence-corrected chi connectivity index (χ0v) is 17.3. The molecule has 2 aromatic rings. The molecule has 4 rings (SSSR count). The molecular weight excluding hydrogens is 376 g/mol. The highest BCUT2D eigenvalue weighted by molar-refractivity contribution is 8.01. The number of aryl methyl sites for hydroxylation is 1.